The highest BCUT2D eigenvalue weighted by Gasteiger charge is 2.37. The Hall–Kier alpha value is -3.09. The van der Waals surface area contributed by atoms with E-state index in [4.69, 9.17) is 0 Å². The van der Waals surface area contributed by atoms with Crippen LogP contribution in [0.15, 0.2) is 41.7 Å². The van der Waals surface area contributed by atoms with E-state index in [1.807, 2.05) is 25.4 Å². The average molecular weight is 367 g/mol. The second-order valence-electron chi connectivity index (χ2n) is 7.41. The molecule has 0 unspecified atom stereocenters. The van der Waals surface area contributed by atoms with Gasteiger partial charge in [-0.2, -0.15) is 0 Å². The Bertz CT molecular complexity index is 1090. The average Bonchev–Trinajstić information content (AvgIpc) is 3.24. The first-order chi connectivity index (χ1) is 12.9. The molecular formula is C20H21N3O4. The minimum absolute atomic E-state index is 0.276. The highest BCUT2D eigenvalue weighted by molar-refractivity contribution is 5.87. The van der Waals surface area contributed by atoms with E-state index >= 15 is 0 Å². The number of aryl methyl sites for hydroxylation is 1. The number of aromatic nitrogens is 3. The van der Waals surface area contributed by atoms with E-state index in [0.29, 0.717) is 6.54 Å². The van der Waals surface area contributed by atoms with Crippen LogP contribution in [0, 0.1) is 6.92 Å². The van der Waals surface area contributed by atoms with Gasteiger partial charge >= 0.3 is 5.97 Å². The van der Waals surface area contributed by atoms with Gasteiger partial charge in [0.2, 0.25) is 5.43 Å². The molecule has 1 aliphatic carbocycles. The highest BCUT2D eigenvalue weighted by Crippen LogP contribution is 2.40. The number of nitrogens with zero attached hydrogens (tertiary/aromatic N) is 3. The number of rotatable bonds is 4. The van der Waals surface area contributed by atoms with Gasteiger partial charge in [0, 0.05) is 36.7 Å². The first-order valence-electron chi connectivity index (χ1n) is 9.00. The summed E-state index contributed by atoms with van der Waals surface area (Å²) in [5.74, 6) is -1.89. The van der Waals surface area contributed by atoms with Gasteiger partial charge in [0.15, 0.2) is 5.75 Å². The molecule has 0 amide bonds. The Morgan fingerprint density at radius 1 is 1.30 bits per heavy atom. The molecule has 7 nitrogen and oxygen atoms in total. The van der Waals surface area contributed by atoms with Crippen LogP contribution in [0.2, 0.25) is 0 Å². The van der Waals surface area contributed by atoms with Crippen LogP contribution in [0.3, 0.4) is 0 Å². The molecule has 1 aliphatic rings. The molecule has 140 valence electrons. The van der Waals surface area contributed by atoms with Crippen molar-refractivity contribution in [2.75, 3.05) is 0 Å². The zero-order valence-electron chi connectivity index (χ0n) is 15.1. The van der Waals surface area contributed by atoms with E-state index in [1.165, 1.54) is 12.4 Å². The molecule has 1 saturated carbocycles. The molecule has 2 N–H and O–H groups in total. The van der Waals surface area contributed by atoms with E-state index in [0.717, 1.165) is 42.3 Å². The molecule has 0 aromatic carbocycles. The summed E-state index contributed by atoms with van der Waals surface area (Å²) in [7, 11) is 0. The molecule has 0 radical (unpaired) electrons. The predicted molar refractivity (Wildman–Crippen MR) is 100 cm³/mol. The molecular weight excluding hydrogens is 346 g/mol. The zero-order valence-corrected chi connectivity index (χ0v) is 15.1. The SMILES string of the molecule is Cc1cnc2c(ccn2C2(Cn3cc(O)c(=O)c(C(=O)O)c3)CCCC2)c1. The first kappa shape index (κ1) is 17.3. The standard InChI is InChI=1S/C20H21N3O4/c1-13-8-14-4-7-23(18(14)21-9-13)20(5-2-3-6-20)12-22-10-15(19(26)27)17(25)16(24)11-22/h4,7-11,24H,2-3,5-6,12H2,1H3,(H,26,27). The molecule has 3 aromatic heterocycles. The second-order valence-corrected chi connectivity index (χ2v) is 7.41. The van der Waals surface area contributed by atoms with E-state index in [2.05, 4.69) is 15.6 Å². The zero-order chi connectivity index (χ0) is 19.2. The number of carbonyl (C=O) groups is 1. The van der Waals surface area contributed by atoms with Gasteiger partial charge in [-0.1, -0.05) is 12.8 Å². The second kappa shape index (κ2) is 6.26. The predicted octanol–water partition coefficient (Wildman–Crippen LogP) is 2.88. The lowest BCUT2D eigenvalue weighted by molar-refractivity contribution is 0.0693. The molecule has 7 heteroatoms. The quantitative estimate of drug-likeness (QED) is 0.739. The third-order valence-corrected chi connectivity index (χ3v) is 5.48. The van der Waals surface area contributed by atoms with Gasteiger partial charge in [-0.05, 0) is 37.5 Å². The lowest BCUT2D eigenvalue weighted by atomic mass is 9.96. The van der Waals surface area contributed by atoms with Crippen LogP contribution in [-0.4, -0.2) is 30.3 Å². The number of fused-ring (bicyclic) bond motifs is 1. The highest BCUT2D eigenvalue weighted by atomic mass is 16.4. The first-order valence-corrected chi connectivity index (χ1v) is 9.00. The molecule has 3 heterocycles. The normalized spacial score (nSPS) is 16.0. The molecule has 1 fully saturated rings. The van der Waals surface area contributed by atoms with Crippen LogP contribution >= 0.6 is 0 Å². The fourth-order valence-electron chi connectivity index (χ4n) is 4.22. The summed E-state index contributed by atoms with van der Waals surface area (Å²) in [6, 6.07) is 4.14. The molecule has 3 aromatic rings. The van der Waals surface area contributed by atoms with E-state index < -0.39 is 22.7 Å². The lowest BCUT2D eigenvalue weighted by Gasteiger charge is -2.33. The Kier molecular flexibility index (Phi) is 4.02. The van der Waals surface area contributed by atoms with E-state index in [1.54, 1.807) is 4.57 Å². The summed E-state index contributed by atoms with van der Waals surface area (Å²) < 4.78 is 3.79. The number of aromatic hydroxyl groups is 1. The van der Waals surface area contributed by atoms with Gasteiger partial charge < -0.3 is 19.3 Å². The molecule has 27 heavy (non-hydrogen) atoms. The maximum absolute atomic E-state index is 11.9. The molecule has 4 rings (SSSR count). The van der Waals surface area contributed by atoms with E-state index in [-0.39, 0.29) is 5.54 Å². The monoisotopic (exact) mass is 367 g/mol. The van der Waals surface area contributed by atoms with E-state index in [9.17, 15) is 19.8 Å². The maximum Gasteiger partial charge on any atom is 0.341 e. The minimum atomic E-state index is -1.34. The summed E-state index contributed by atoms with van der Waals surface area (Å²) >= 11 is 0. The van der Waals surface area contributed by atoms with Gasteiger partial charge in [0.1, 0.15) is 11.2 Å². The summed E-state index contributed by atoms with van der Waals surface area (Å²) in [5, 5.41) is 20.2. The van der Waals surface area contributed by atoms with Crippen LogP contribution < -0.4 is 5.43 Å². The van der Waals surface area contributed by atoms with Gasteiger partial charge in [-0.15, -0.1) is 0 Å². The van der Waals surface area contributed by atoms with Crippen molar-refractivity contribution in [2.45, 2.75) is 44.7 Å². The Morgan fingerprint density at radius 2 is 2.04 bits per heavy atom. The number of carboxylic acid groups (broad SMARTS) is 1. The fourth-order valence-corrected chi connectivity index (χ4v) is 4.22. The van der Waals surface area contributed by atoms with Gasteiger partial charge in [0.25, 0.3) is 0 Å². The van der Waals surface area contributed by atoms with Crippen molar-refractivity contribution >= 4 is 17.0 Å². The summed E-state index contributed by atoms with van der Waals surface area (Å²) in [4.78, 5) is 27.8. The molecule has 0 spiro atoms. The Balaban J connectivity index is 1.82. The van der Waals surface area contributed by atoms with Crippen LogP contribution in [0.4, 0.5) is 0 Å². The van der Waals surface area contributed by atoms with Crippen molar-refractivity contribution in [3.63, 3.8) is 0 Å². The largest absolute Gasteiger partial charge is 0.503 e. The minimum Gasteiger partial charge on any atom is -0.503 e. The summed E-state index contributed by atoms with van der Waals surface area (Å²) in [6.07, 6.45) is 10.5. The van der Waals surface area contributed by atoms with Crippen molar-refractivity contribution < 1.29 is 15.0 Å². The van der Waals surface area contributed by atoms with Gasteiger partial charge in [-0.25, -0.2) is 9.78 Å². The van der Waals surface area contributed by atoms with Crippen molar-refractivity contribution in [3.05, 3.63) is 58.3 Å². The van der Waals surface area contributed by atoms with Crippen LogP contribution in [0.1, 0.15) is 41.6 Å². The molecule has 0 bridgehead atoms. The third-order valence-electron chi connectivity index (χ3n) is 5.48. The topological polar surface area (TPSA) is 97.4 Å². The van der Waals surface area contributed by atoms with Crippen LogP contribution in [-0.2, 0) is 12.1 Å². The smallest absolute Gasteiger partial charge is 0.341 e. The van der Waals surface area contributed by atoms with Gasteiger partial charge in [0.05, 0.1) is 5.54 Å². The number of aromatic carboxylic acids is 1. The van der Waals surface area contributed by atoms with Crippen molar-refractivity contribution in [1.29, 1.82) is 0 Å². The molecule has 0 aliphatic heterocycles. The molecule has 0 atom stereocenters. The van der Waals surface area contributed by atoms with Crippen molar-refractivity contribution in [1.82, 2.24) is 14.1 Å². The Morgan fingerprint density at radius 3 is 2.74 bits per heavy atom. The number of hydrogen-bond donors (Lipinski definition) is 2. The maximum atomic E-state index is 11.9. The number of hydrogen-bond acceptors (Lipinski definition) is 4. The Labute approximate surface area is 155 Å². The van der Waals surface area contributed by atoms with Crippen molar-refractivity contribution in [3.8, 4) is 5.75 Å². The van der Waals surface area contributed by atoms with Gasteiger partial charge in [-0.3, -0.25) is 4.79 Å². The summed E-state index contributed by atoms with van der Waals surface area (Å²) in [6.45, 7) is 2.46. The molecule has 0 saturated heterocycles. The lowest BCUT2D eigenvalue weighted by Crippen LogP contribution is -2.35. The number of carboxylic acids is 1. The third kappa shape index (κ3) is 2.89. The number of pyridine rings is 2. The fraction of sp³-hybridized carbons (Fsp3) is 0.350. The summed E-state index contributed by atoms with van der Waals surface area (Å²) in [5.41, 5.74) is 0.432. The van der Waals surface area contributed by atoms with Crippen LogP contribution in [0.25, 0.3) is 11.0 Å². The van der Waals surface area contributed by atoms with Crippen LogP contribution in [0.5, 0.6) is 5.75 Å². The van der Waals surface area contributed by atoms with Crippen molar-refractivity contribution in [2.24, 2.45) is 0 Å².